The van der Waals surface area contributed by atoms with Gasteiger partial charge < -0.3 is 0 Å². The molecule has 0 aliphatic heterocycles. The van der Waals surface area contributed by atoms with Crippen molar-refractivity contribution in [1.29, 1.82) is 5.26 Å². The summed E-state index contributed by atoms with van der Waals surface area (Å²) in [6.45, 7) is 1.58. The number of hydrogen-bond acceptors (Lipinski definition) is 4. The van der Waals surface area contributed by atoms with Crippen LogP contribution < -0.4 is 0 Å². The lowest BCUT2D eigenvalue weighted by Gasteiger charge is -2.18. The summed E-state index contributed by atoms with van der Waals surface area (Å²) in [6, 6.07) is 11.0. The van der Waals surface area contributed by atoms with Crippen LogP contribution in [0.25, 0.3) is 0 Å². The molecule has 0 atom stereocenters. The fourth-order valence-electron chi connectivity index (χ4n) is 1.83. The third kappa shape index (κ3) is 2.87. The Morgan fingerprint density at radius 1 is 1.35 bits per heavy atom. The van der Waals surface area contributed by atoms with Crippen LogP contribution >= 0.6 is 0 Å². The van der Waals surface area contributed by atoms with Gasteiger partial charge in [-0.2, -0.15) is 14.7 Å². The molecule has 0 unspecified atom stereocenters. The number of nitrogens with zero attached hydrogens (tertiary/aromatic N) is 3. The standard InChI is InChI=1S/C13H14N4O2S/c1-11-13(9-15-16-11)20(18,19)17(8-7-14)10-12-5-3-2-4-6-12/h2-6,9H,8,10H2,1H3,(H,15,16). The summed E-state index contributed by atoms with van der Waals surface area (Å²) >= 11 is 0. The Bertz CT molecular complexity index is 716. The molecule has 0 radical (unpaired) electrons. The van der Waals surface area contributed by atoms with Crippen LogP contribution in [0.5, 0.6) is 0 Å². The molecular weight excluding hydrogens is 276 g/mol. The van der Waals surface area contributed by atoms with Gasteiger partial charge in [-0.3, -0.25) is 5.10 Å². The molecule has 2 aromatic rings. The number of aryl methyl sites for hydroxylation is 1. The first-order valence-corrected chi connectivity index (χ1v) is 7.40. The van der Waals surface area contributed by atoms with Gasteiger partial charge in [-0.25, -0.2) is 8.42 Å². The highest BCUT2D eigenvalue weighted by atomic mass is 32.2. The van der Waals surface area contributed by atoms with E-state index in [0.29, 0.717) is 5.69 Å². The molecule has 0 saturated carbocycles. The minimum Gasteiger partial charge on any atom is -0.281 e. The second-order valence-electron chi connectivity index (χ2n) is 4.28. The number of benzene rings is 1. The molecule has 1 heterocycles. The summed E-state index contributed by atoms with van der Waals surface area (Å²) in [5.74, 6) is 0. The van der Waals surface area contributed by atoms with E-state index < -0.39 is 10.0 Å². The zero-order valence-electron chi connectivity index (χ0n) is 10.9. The van der Waals surface area contributed by atoms with Crippen molar-refractivity contribution in [3.63, 3.8) is 0 Å². The molecule has 1 aromatic carbocycles. The van der Waals surface area contributed by atoms with Gasteiger partial charge in [-0.15, -0.1) is 0 Å². The van der Waals surface area contributed by atoms with E-state index in [1.54, 1.807) is 6.92 Å². The van der Waals surface area contributed by atoms with E-state index in [-0.39, 0.29) is 18.0 Å². The van der Waals surface area contributed by atoms with E-state index in [1.165, 1.54) is 6.20 Å². The van der Waals surface area contributed by atoms with Crippen molar-refractivity contribution in [2.75, 3.05) is 6.54 Å². The van der Waals surface area contributed by atoms with E-state index in [1.807, 2.05) is 36.4 Å². The van der Waals surface area contributed by atoms with E-state index in [2.05, 4.69) is 10.2 Å². The zero-order chi connectivity index (χ0) is 14.6. The molecule has 20 heavy (non-hydrogen) atoms. The smallest absolute Gasteiger partial charge is 0.247 e. The highest BCUT2D eigenvalue weighted by molar-refractivity contribution is 7.89. The Balaban J connectivity index is 2.34. The van der Waals surface area contributed by atoms with E-state index >= 15 is 0 Å². The van der Waals surface area contributed by atoms with Gasteiger partial charge in [0.1, 0.15) is 11.4 Å². The Hall–Kier alpha value is -2.17. The number of rotatable bonds is 5. The van der Waals surface area contributed by atoms with Crippen LogP contribution in [0, 0.1) is 18.3 Å². The van der Waals surface area contributed by atoms with Gasteiger partial charge in [0.2, 0.25) is 10.0 Å². The SMILES string of the molecule is Cc1[nH]ncc1S(=O)(=O)N(CC#N)Cc1ccccc1. The highest BCUT2D eigenvalue weighted by Crippen LogP contribution is 2.19. The monoisotopic (exact) mass is 290 g/mol. The van der Waals surface area contributed by atoms with Crippen LogP contribution in [0.15, 0.2) is 41.4 Å². The van der Waals surface area contributed by atoms with Gasteiger partial charge >= 0.3 is 0 Å². The highest BCUT2D eigenvalue weighted by Gasteiger charge is 2.27. The lowest BCUT2D eigenvalue weighted by atomic mass is 10.2. The second kappa shape index (κ2) is 5.86. The van der Waals surface area contributed by atoms with Crippen LogP contribution in [-0.2, 0) is 16.6 Å². The van der Waals surface area contributed by atoms with Gasteiger partial charge in [0, 0.05) is 6.54 Å². The molecule has 104 valence electrons. The van der Waals surface area contributed by atoms with Crippen molar-refractivity contribution >= 4 is 10.0 Å². The van der Waals surface area contributed by atoms with E-state index in [9.17, 15) is 8.42 Å². The van der Waals surface area contributed by atoms with Crippen LogP contribution in [0.3, 0.4) is 0 Å². The van der Waals surface area contributed by atoms with Gasteiger partial charge in [-0.1, -0.05) is 30.3 Å². The van der Waals surface area contributed by atoms with E-state index in [0.717, 1.165) is 9.87 Å². The maximum absolute atomic E-state index is 12.5. The summed E-state index contributed by atoms with van der Waals surface area (Å²) in [4.78, 5) is 0.101. The minimum absolute atomic E-state index is 0.101. The Morgan fingerprint density at radius 2 is 2.05 bits per heavy atom. The summed E-state index contributed by atoms with van der Waals surface area (Å²) in [5, 5.41) is 15.2. The molecule has 0 aliphatic carbocycles. The van der Waals surface area contributed by atoms with Crippen molar-refractivity contribution in [2.24, 2.45) is 0 Å². The lowest BCUT2D eigenvalue weighted by molar-refractivity contribution is 0.441. The molecular formula is C13H14N4O2S. The van der Waals surface area contributed by atoms with Crippen molar-refractivity contribution in [3.8, 4) is 6.07 Å². The van der Waals surface area contributed by atoms with Gasteiger partial charge in [0.25, 0.3) is 0 Å². The first-order valence-electron chi connectivity index (χ1n) is 5.96. The third-order valence-electron chi connectivity index (χ3n) is 2.85. The average molecular weight is 290 g/mol. The number of aromatic nitrogens is 2. The maximum Gasteiger partial charge on any atom is 0.247 e. The molecule has 1 N–H and O–H groups in total. The number of sulfonamides is 1. The predicted molar refractivity (Wildman–Crippen MR) is 73.0 cm³/mol. The van der Waals surface area contributed by atoms with Crippen molar-refractivity contribution < 1.29 is 8.42 Å². The number of nitriles is 1. The molecule has 0 amide bonds. The molecule has 0 spiro atoms. The van der Waals surface area contributed by atoms with Crippen LogP contribution in [0.2, 0.25) is 0 Å². The summed E-state index contributed by atoms with van der Waals surface area (Å²) in [5.41, 5.74) is 1.29. The average Bonchev–Trinajstić information content (AvgIpc) is 2.86. The van der Waals surface area contributed by atoms with E-state index in [4.69, 9.17) is 5.26 Å². The van der Waals surface area contributed by atoms with Crippen molar-refractivity contribution in [2.45, 2.75) is 18.4 Å². The molecule has 0 fully saturated rings. The van der Waals surface area contributed by atoms with Gasteiger partial charge in [0.05, 0.1) is 18.0 Å². The Labute approximate surface area is 117 Å². The fraction of sp³-hybridized carbons (Fsp3) is 0.231. The Morgan fingerprint density at radius 3 is 2.60 bits per heavy atom. The predicted octanol–water partition coefficient (Wildman–Crippen LogP) is 1.43. The molecule has 7 heteroatoms. The topological polar surface area (TPSA) is 89.8 Å². The molecule has 0 bridgehead atoms. The summed E-state index contributed by atoms with van der Waals surface area (Å²) < 4.78 is 26.2. The quantitative estimate of drug-likeness (QED) is 0.843. The maximum atomic E-state index is 12.5. The number of H-pyrrole nitrogens is 1. The first kappa shape index (κ1) is 14.2. The minimum atomic E-state index is -3.73. The van der Waals surface area contributed by atoms with Gasteiger partial charge in [-0.05, 0) is 12.5 Å². The third-order valence-corrected chi connectivity index (χ3v) is 4.76. The fourth-order valence-corrected chi connectivity index (χ4v) is 3.27. The molecule has 2 rings (SSSR count). The lowest BCUT2D eigenvalue weighted by Crippen LogP contribution is -2.31. The molecule has 0 saturated heterocycles. The molecule has 1 aromatic heterocycles. The number of nitrogens with one attached hydrogen (secondary N) is 1. The molecule has 6 nitrogen and oxygen atoms in total. The normalized spacial score (nSPS) is 11.4. The van der Waals surface area contributed by atoms with Crippen LogP contribution in [0.1, 0.15) is 11.3 Å². The number of aromatic amines is 1. The van der Waals surface area contributed by atoms with Gasteiger partial charge in [0.15, 0.2) is 0 Å². The van der Waals surface area contributed by atoms with Crippen molar-refractivity contribution in [3.05, 3.63) is 47.8 Å². The van der Waals surface area contributed by atoms with Crippen molar-refractivity contribution in [1.82, 2.24) is 14.5 Å². The van der Waals surface area contributed by atoms with Crippen LogP contribution in [0.4, 0.5) is 0 Å². The molecule has 0 aliphatic rings. The van der Waals surface area contributed by atoms with Crippen LogP contribution in [-0.4, -0.2) is 29.5 Å². The largest absolute Gasteiger partial charge is 0.281 e. The zero-order valence-corrected chi connectivity index (χ0v) is 11.8. The second-order valence-corrected chi connectivity index (χ2v) is 6.18. The number of hydrogen-bond donors (Lipinski definition) is 1. The summed E-state index contributed by atoms with van der Waals surface area (Å²) in [6.07, 6.45) is 1.26. The summed E-state index contributed by atoms with van der Waals surface area (Å²) in [7, 11) is -3.73. The first-order chi connectivity index (χ1) is 9.55. The Kier molecular flexibility index (Phi) is 4.17.